The van der Waals surface area contributed by atoms with Crippen molar-refractivity contribution in [3.05, 3.63) is 273 Å². The summed E-state index contributed by atoms with van der Waals surface area (Å²) < 4.78 is 0. The van der Waals surface area contributed by atoms with Crippen LogP contribution in [0.3, 0.4) is 0 Å². The molecule has 0 fully saturated rings. The SMILES string of the molecule is Cc1cc(-c2ccccn2)ccn1.Cc1cc(-c2ccccn2)ncn1.Cc1ccnc(-c2ccccn2)c1.Cc1cncc(-c2ccccn2)c1.Cc1nccc(-c2ccccn2)n1.Cc1ncnc(-c2ccccc2)n1. The van der Waals surface area contributed by atoms with Gasteiger partial charge in [0.05, 0.1) is 45.6 Å². The van der Waals surface area contributed by atoms with Gasteiger partial charge < -0.3 is 0 Å². The number of hydrogen-bond acceptors (Lipinski definition) is 15. The van der Waals surface area contributed by atoms with E-state index in [9.17, 15) is 0 Å². The molecule has 0 spiro atoms. The highest BCUT2D eigenvalue weighted by Crippen LogP contribution is 2.18. The fourth-order valence-corrected chi connectivity index (χ4v) is 6.98. The van der Waals surface area contributed by atoms with E-state index in [0.29, 0.717) is 0 Å². The van der Waals surface area contributed by atoms with Gasteiger partial charge in [-0.25, -0.2) is 34.9 Å². The maximum absolute atomic E-state index is 4.27. The molecule has 0 amide bonds. The van der Waals surface area contributed by atoms with Crippen molar-refractivity contribution >= 4 is 0 Å². The Kier molecular flexibility index (Phi) is 21.3. The van der Waals surface area contributed by atoms with Gasteiger partial charge in [0.15, 0.2) is 5.82 Å². The number of aromatic nitrogens is 15. The quantitative estimate of drug-likeness (QED) is 0.153. The van der Waals surface area contributed by atoms with Gasteiger partial charge in [-0.2, -0.15) is 0 Å². The third kappa shape index (κ3) is 18.5. The molecule has 0 aliphatic rings. The standard InChI is InChI=1S/3C11H10N2.3C10H9N3/c1-9-8-10(5-7-12-9)11-4-2-3-6-13-11;1-9-5-7-13-11(8-9)10-4-2-3-6-12-10;1-9-6-10(8-12-7-9)11-4-2-3-5-13-11;1-8-11-7-5-10(13-8)9-4-2-3-6-12-9;1-8-6-10(13-7-12-8)9-4-2-3-5-11-9;1-8-11-7-12-10(13-8)9-5-3-2-4-6-9/h3*2-8H,1H3;3*2-7H,1H3. The number of rotatable bonds is 6. The van der Waals surface area contributed by atoms with Gasteiger partial charge in [0.2, 0.25) is 0 Å². The molecule has 15 heteroatoms. The lowest BCUT2D eigenvalue weighted by molar-refractivity contribution is 0.983. The number of benzene rings is 1. The molecule has 15 nitrogen and oxygen atoms in total. The topological polar surface area (TPSA) is 193 Å². The molecule has 0 N–H and O–H groups in total. The van der Waals surface area contributed by atoms with Crippen molar-refractivity contribution in [2.24, 2.45) is 0 Å². The van der Waals surface area contributed by atoms with E-state index in [1.807, 2.05) is 212 Å². The van der Waals surface area contributed by atoms with Crippen LogP contribution < -0.4 is 0 Å². The smallest absolute Gasteiger partial charge is 0.162 e. The van der Waals surface area contributed by atoms with Crippen LogP contribution in [-0.2, 0) is 0 Å². The molecule has 11 aromatic heterocycles. The zero-order chi connectivity index (χ0) is 54.6. The Bertz CT molecular complexity index is 3010. The highest BCUT2D eigenvalue weighted by molar-refractivity contribution is 5.60. The van der Waals surface area contributed by atoms with Crippen LogP contribution in [0.15, 0.2) is 238 Å². The monoisotopic (exact) mass is 1020 g/mol. The van der Waals surface area contributed by atoms with E-state index < -0.39 is 0 Å². The number of nitrogens with zero attached hydrogens (tertiary/aromatic N) is 15. The van der Waals surface area contributed by atoms with Crippen molar-refractivity contribution in [1.29, 1.82) is 0 Å². The third-order valence-corrected chi connectivity index (χ3v) is 10.7. The fourth-order valence-electron chi connectivity index (χ4n) is 6.98. The van der Waals surface area contributed by atoms with Gasteiger partial charge in [-0.05, 0) is 156 Å². The molecule has 12 aromatic rings. The maximum Gasteiger partial charge on any atom is 0.162 e. The van der Waals surface area contributed by atoms with Gasteiger partial charge in [0.1, 0.15) is 24.3 Å². The van der Waals surface area contributed by atoms with E-state index in [0.717, 1.165) is 96.7 Å². The van der Waals surface area contributed by atoms with Crippen molar-refractivity contribution < 1.29 is 0 Å². The van der Waals surface area contributed by atoms with Gasteiger partial charge in [-0.1, -0.05) is 60.7 Å². The highest BCUT2D eigenvalue weighted by atomic mass is 15.0. The summed E-state index contributed by atoms with van der Waals surface area (Å²) in [5.41, 5.74) is 14.9. The normalized spacial score (nSPS) is 9.92. The number of hydrogen-bond donors (Lipinski definition) is 0. The molecule has 12 rings (SSSR count). The van der Waals surface area contributed by atoms with Crippen LogP contribution in [0.4, 0.5) is 0 Å². The van der Waals surface area contributed by atoms with E-state index in [-0.39, 0.29) is 0 Å². The van der Waals surface area contributed by atoms with Crippen molar-refractivity contribution in [1.82, 2.24) is 74.8 Å². The molecule has 384 valence electrons. The van der Waals surface area contributed by atoms with Gasteiger partial charge in [0, 0.05) is 90.0 Å². The third-order valence-electron chi connectivity index (χ3n) is 10.7. The van der Waals surface area contributed by atoms with Gasteiger partial charge in [0.25, 0.3) is 0 Å². The Hall–Kier alpha value is -10.4. The summed E-state index contributed by atoms with van der Waals surface area (Å²) in [6.07, 6.45) is 21.0. The average Bonchev–Trinajstić information content (AvgIpc) is 3.49. The molecular formula is C63H57N15. The molecule has 1 aromatic carbocycles. The molecule has 0 bridgehead atoms. The first-order valence-corrected chi connectivity index (χ1v) is 24.8. The minimum atomic E-state index is 0.730. The predicted octanol–water partition coefficient (Wildman–Crippen LogP) is 12.9. The van der Waals surface area contributed by atoms with Crippen LogP contribution in [0.2, 0.25) is 0 Å². The molecule has 0 atom stereocenters. The largest absolute Gasteiger partial charge is 0.264 e. The van der Waals surface area contributed by atoms with E-state index >= 15 is 0 Å². The van der Waals surface area contributed by atoms with Crippen LogP contribution >= 0.6 is 0 Å². The number of pyridine rings is 8. The molecule has 0 saturated carbocycles. The summed E-state index contributed by atoms with van der Waals surface area (Å²) in [4.78, 5) is 62.4. The summed E-state index contributed by atoms with van der Waals surface area (Å²) in [5.74, 6) is 2.24. The van der Waals surface area contributed by atoms with E-state index in [4.69, 9.17) is 0 Å². The predicted molar refractivity (Wildman–Crippen MR) is 307 cm³/mol. The lowest BCUT2D eigenvalue weighted by Gasteiger charge is -1.99. The Labute approximate surface area is 455 Å². The van der Waals surface area contributed by atoms with Crippen LogP contribution in [0.25, 0.3) is 68.1 Å². The van der Waals surface area contributed by atoms with Crippen LogP contribution in [-0.4, -0.2) is 74.8 Å². The van der Waals surface area contributed by atoms with E-state index in [2.05, 4.69) is 80.8 Å². The Balaban J connectivity index is 0.000000136. The molecule has 78 heavy (non-hydrogen) atoms. The lowest BCUT2D eigenvalue weighted by Crippen LogP contribution is -1.93. The fraction of sp³-hybridized carbons (Fsp3) is 0.0952. The first kappa shape index (κ1) is 55.3. The summed E-state index contributed by atoms with van der Waals surface area (Å²) >= 11 is 0. The van der Waals surface area contributed by atoms with Crippen molar-refractivity contribution in [3.63, 3.8) is 0 Å². The molecular weight excluding hydrogens is 967 g/mol. The second-order valence-corrected chi connectivity index (χ2v) is 17.0. The lowest BCUT2D eigenvalue weighted by atomic mass is 10.1. The summed E-state index contributed by atoms with van der Waals surface area (Å²) in [5, 5.41) is 0. The van der Waals surface area contributed by atoms with Crippen LogP contribution in [0.1, 0.15) is 34.2 Å². The van der Waals surface area contributed by atoms with Crippen LogP contribution in [0, 0.1) is 41.5 Å². The van der Waals surface area contributed by atoms with Gasteiger partial charge in [-0.15, -0.1) is 0 Å². The molecule has 11 heterocycles. The van der Waals surface area contributed by atoms with Crippen molar-refractivity contribution in [2.75, 3.05) is 0 Å². The highest BCUT2D eigenvalue weighted by Gasteiger charge is 2.03. The first-order valence-electron chi connectivity index (χ1n) is 24.8. The molecule has 0 aliphatic heterocycles. The number of aryl methyl sites for hydroxylation is 6. The Morgan fingerprint density at radius 3 is 1.29 bits per heavy atom. The molecule has 0 saturated heterocycles. The summed E-state index contributed by atoms with van der Waals surface area (Å²) in [7, 11) is 0. The van der Waals surface area contributed by atoms with E-state index in [1.165, 1.54) is 11.9 Å². The zero-order valence-electron chi connectivity index (χ0n) is 44.2. The van der Waals surface area contributed by atoms with E-state index in [1.54, 1.807) is 55.9 Å². The zero-order valence-corrected chi connectivity index (χ0v) is 44.2. The Morgan fingerprint density at radius 2 is 0.756 bits per heavy atom. The molecule has 0 radical (unpaired) electrons. The Morgan fingerprint density at radius 1 is 0.256 bits per heavy atom. The minimum Gasteiger partial charge on any atom is -0.264 e. The molecule has 0 unspecified atom stereocenters. The minimum absolute atomic E-state index is 0.730. The molecule has 0 aliphatic carbocycles. The maximum atomic E-state index is 4.27. The first-order chi connectivity index (χ1) is 38.2. The second-order valence-electron chi connectivity index (χ2n) is 17.0. The average molecular weight is 1020 g/mol. The van der Waals surface area contributed by atoms with Crippen LogP contribution in [0.5, 0.6) is 0 Å². The summed E-state index contributed by atoms with van der Waals surface area (Å²) in [6, 6.07) is 52.8. The second kappa shape index (κ2) is 30.1. The van der Waals surface area contributed by atoms with Gasteiger partial charge in [-0.3, -0.25) is 39.9 Å². The van der Waals surface area contributed by atoms with Crippen molar-refractivity contribution in [2.45, 2.75) is 41.5 Å². The summed E-state index contributed by atoms with van der Waals surface area (Å²) in [6.45, 7) is 11.7. The van der Waals surface area contributed by atoms with Gasteiger partial charge >= 0.3 is 0 Å². The van der Waals surface area contributed by atoms with Crippen molar-refractivity contribution in [3.8, 4) is 68.1 Å².